The Morgan fingerprint density at radius 1 is 0.309 bits per heavy atom. The van der Waals surface area contributed by atoms with Gasteiger partial charge in [0.2, 0.25) is 0 Å². The van der Waals surface area contributed by atoms with Crippen molar-refractivity contribution in [1.82, 2.24) is 0 Å². The van der Waals surface area contributed by atoms with Crippen molar-refractivity contribution in [3.8, 4) is 46.0 Å². The molecule has 0 aromatic heterocycles. The minimum Gasteiger partial charge on any atom is -0.496 e. The van der Waals surface area contributed by atoms with Crippen molar-refractivity contribution >= 4 is 47.4 Å². The number of carbonyl (C=O) groups excluding carboxylic acids is 8. The lowest BCUT2D eigenvalue weighted by atomic mass is 9.77. The number of rotatable bonds is 29. The van der Waals surface area contributed by atoms with Gasteiger partial charge in [0.1, 0.15) is 46.0 Å². The summed E-state index contributed by atoms with van der Waals surface area (Å²) in [6.45, 7) is 10.1. The van der Waals surface area contributed by atoms with E-state index in [2.05, 4.69) is 26.0 Å². The van der Waals surface area contributed by atoms with E-state index in [-0.39, 0.29) is 51.2 Å². The molecule has 16 heteroatoms. The molecule has 0 saturated carbocycles. The second-order valence-corrected chi connectivity index (χ2v) is 27.0. The fourth-order valence-electron chi connectivity index (χ4n) is 12.4. The Labute approximate surface area is 637 Å². The molecule has 0 spiro atoms. The Kier molecular flexibility index (Phi) is 24.3. The number of hydrogen-bond donors (Lipinski definition) is 0. The van der Waals surface area contributed by atoms with Gasteiger partial charge in [-0.1, -0.05) is 153 Å². The summed E-state index contributed by atoms with van der Waals surface area (Å²) in [6.07, 6.45) is 2.81. The van der Waals surface area contributed by atoms with Gasteiger partial charge in [-0.2, -0.15) is 0 Å². The predicted octanol–water partition coefficient (Wildman–Crippen LogP) is 19.4. The fraction of sp³-hybridized carbons (Fsp3) is 0.149. The van der Waals surface area contributed by atoms with E-state index in [1.54, 1.807) is 122 Å². The molecule has 12 aromatic carbocycles. The molecule has 0 radical (unpaired) electrons. The SMILES string of the molecule is COc1ccc(C(C)(C)c2ccc(OC(=O)c3ccc(C(=O)Oc4ccc(Cc5ccc(OC(=O)c6ccc(C(=O)CCCCOc7ccc(Cc8ccccc8OC(=O)c8ccc(C(=O)Oc9ccccc9Cc9ccccc9OC(=O)c9ccc(C(C)=O)cc9)cc8)cc7)cc6)cc5)cc4)cc3)c(C)c2)cc1C. The lowest BCUT2D eigenvalue weighted by Crippen LogP contribution is -2.19. The molecule has 0 bridgehead atoms. The first-order valence-corrected chi connectivity index (χ1v) is 35.9. The van der Waals surface area contributed by atoms with Gasteiger partial charge in [0.05, 0.1) is 47.1 Å². The molecule has 0 atom stereocenters. The molecule has 16 nitrogen and oxygen atoms in total. The second-order valence-electron chi connectivity index (χ2n) is 27.0. The van der Waals surface area contributed by atoms with Crippen LogP contribution in [0.25, 0.3) is 0 Å². The maximum Gasteiger partial charge on any atom is 0.343 e. The number of para-hydroxylation sites is 3. The van der Waals surface area contributed by atoms with Crippen LogP contribution in [0.15, 0.2) is 279 Å². The van der Waals surface area contributed by atoms with E-state index in [4.69, 9.17) is 37.9 Å². The van der Waals surface area contributed by atoms with Gasteiger partial charge in [-0.3, -0.25) is 9.59 Å². The van der Waals surface area contributed by atoms with E-state index >= 15 is 0 Å². The molecule has 0 unspecified atom stereocenters. The van der Waals surface area contributed by atoms with Crippen LogP contribution in [0.3, 0.4) is 0 Å². The van der Waals surface area contributed by atoms with E-state index < -0.39 is 35.8 Å². The second kappa shape index (κ2) is 35.2. The van der Waals surface area contributed by atoms with Gasteiger partial charge in [0.25, 0.3) is 0 Å². The number of unbranched alkanes of at least 4 members (excludes halogenated alkanes) is 1. The number of ketones is 2. The predicted molar refractivity (Wildman–Crippen MR) is 417 cm³/mol. The first-order valence-electron chi connectivity index (χ1n) is 35.9. The summed E-state index contributed by atoms with van der Waals surface area (Å²) < 4.78 is 46.1. The number of methoxy groups -OCH3 is 1. The Hall–Kier alpha value is -13.6. The largest absolute Gasteiger partial charge is 0.496 e. The minimum atomic E-state index is -0.642. The van der Waals surface area contributed by atoms with Gasteiger partial charge < -0.3 is 37.9 Å². The number of esters is 6. The summed E-state index contributed by atoms with van der Waals surface area (Å²) in [5.41, 5.74) is 11.3. The monoisotopic (exact) mass is 1460 g/mol. The van der Waals surface area contributed by atoms with E-state index in [9.17, 15) is 38.4 Å². The lowest BCUT2D eigenvalue weighted by Gasteiger charge is -2.27. The number of carbonyl (C=O) groups is 8. The van der Waals surface area contributed by atoms with Crippen LogP contribution in [0, 0.1) is 13.8 Å². The van der Waals surface area contributed by atoms with E-state index in [0.29, 0.717) is 107 Å². The molecule has 0 amide bonds. The Bertz CT molecular complexity index is 5350. The van der Waals surface area contributed by atoms with E-state index in [0.717, 1.165) is 50.3 Å². The highest BCUT2D eigenvalue weighted by Gasteiger charge is 2.26. The number of benzene rings is 12. The van der Waals surface area contributed by atoms with Gasteiger partial charge >= 0.3 is 35.8 Å². The van der Waals surface area contributed by atoms with Crippen molar-refractivity contribution in [3.63, 3.8) is 0 Å². The standard InChI is InChI=1S/C94H78O16/c1-60-55-77(44-52-83(60)103-6)94(4,5)78-45-53-84(61(2)56-78)107-90(99)71-38-36-69(37-39-71)89(98)106-81-50-26-64(27-51-81)57-63-24-48-80(49-25-63)105-88(97)68-34-30-67(31-35-68)82(96)18-13-14-54-104-79-46-22-65(23-47-79)58-74-15-7-10-19-85(74)108-92(101)72-40-42-73(43-41-72)93(102)110-87-21-12-9-17-76(87)59-75-16-8-11-20-86(75)109-91(100)70-32-28-66(29-33-70)62(3)95/h7-12,15-17,19-53,55-56H,13-14,18,54,57-59H2,1-6H3. The van der Waals surface area contributed by atoms with Crippen LogP contribution < -0.4 is 37.9 Å². The van der Waals surface area contributed by atoms with Gasteiger partial charge in [-0.15, -0.1) is 0 Å². The molecule has 0 aliphatic carbocycles. The molecule has 12 aromatic rings. The molecule has 0 heterocycles. The topological polar surface area (TPSA) is 210 Å². The van der Waals surface area contributed by atoms with Crippen LogP contribution in [-0.4, -0.2) is 61.1 Å². The van der Waals surface area contributed by atoms with Gasteiger partial charge in [0, 0.05) is 35.8 Å². The number of hydrogen-bond acceptors (Lipinski definition) is 16. The molecular formula is C94H78O16. The zero-order chi connectivity index (χ0) is 77.3. The van der Waals surface area contributed by atoms with Crippen LogP contribution in [0.4, 0.5) is 0 Å². The normalized spacial score (nSPS) is 11.0. The van der Waals surface area contributed by atoms with Crippen LogP contribution in [0.2, 0.25) is 0 Å². The van der Waals surface area contributed by atoms with Crippen molar-refractivity contribution in [2.75, 3.05) is 13.7 Å². The van der Waals surface area contributed by atoms with Gasteiger partial charge in [-0.25, -0.2) is 28.8 Å². The first-order chi connectivity index (χ1) is 53.2. The number of aryl methyl sites for hydroxylation is 2. The Morgan fingerprint density at radius 3 is 1.02 bits per heavy atom. The Balaban J connectivity index is 0.534. The lowest BCUT2D eigenvalue weighted by molar-refractivity contribution is 0.0719. The number of ether oxygens (including phenoxy) is 8. The number of Topliss-reactive ketones (excluding diaryl/α,β-unsaturated/α-hetero) is 2. The molecule has 0 aliphatic rings. The van der Waals surface area contributed by atoms with E-state index in [1.165, 1.54) is 55.5 Å². The molecule has 550 valence electrons. The van der Waals surface area contributed by atoms with Crippen molar-refractivity contribution in [2.45, 2.75) is 78.6 Å². The van der Waals surface area contributed by atoms with E-state index in [1.807, 2.05) is 117 Å². The van der Waals surface area contributed by atoms with Crippen LogP contribution >= 0.6 is 0 Å². The Morgan fingerprint density at radius 2 is 0.636 bits per heavy atom. The highest BCUT2D eigenvalue weighted by molar-refractivity contribution is 5.99. The smallest absolute Gasteiger partial charge is 0.343 e. The van der Waals surface area contributed by atoms with Crippen molar-refractivity contribution in [3.05, 3.63) is 379 Å². The van der Waals surface area contributed by atoms with Crippen molar-refractivity contribution in [2.24, 2.45) is 0 Å². The zero-order valence-electron chi connectivity index (χ0n) is 61.5. The summed E-state index contributed by atoms with van der Waals surface area (Å²) >= 11 is 0. The van der Waals surface area contributed by atoms with Crippen LogP contribution in [0.5, 0.6) is 46.0 Å². The fourth-order valence-corrected chi connectivity index (χ4v) is 12.4. The maximum absolute atomic E-state index is 13.5. The third-order valence-electron chi connectivity index (χ3n) is 18.9. The first kappa shape index (κ1) is 76.1. The molecule has 0 N–H and O–H groups in total. The molecule has 110 heavy (non-hydrogen) atoms. The summed E-state index contributed by atoms with van der Waals surface area (Å²) in [7, 11) is 1.66. The maximum atomic E-state index is 13.5. The minimum absolute atomic E-state index is 0.0584. The van der Waals surface area contributed by atoms with Crippen molar-refractivity contribution in [1.29, 1.82) is 0 Å². The molecule has 0 fully saturated rings. The molecule has 12 rings (SSSR count). The molecule has 0 aliphatic heterocycles. The highest BCUT2D eigenvalue weighted by atomic mass is 16.6. The summed E-state index contributed by atoms with van der Waals surface area (Å²) in [5, 5.41) is 0. The molecular weight excluding hydrogens is 1390 g/mol. The van der Waals surface area contributed by atoms with Gasteiger partial charge in [0.15, 0.2) is 11.6 Å². The molecule has 0 saturated heterocycles. The quantitative estimate of drug-likeness (QED) is 0.0185. The third-order valence-corrected chi connectivity index (χ3v) is 18.9. The third kappa shape index (κ3) is 19.5. The average molecular weight is 1460 g/mol. The zero-order valence-corrected chi connectivity index (χ0v) is 61.5. The van der Waals surface area contributed by atoms with Gasteiger partial charge in [-0.05, 0) is 235 Å². The summed E-state index contributed by atoms with van der Waals surface area (Å²) in [6, 6.07) is 80.0. The van der Waals surface area contributed by atoms with Crippen LogP contribution in [0.1, 0.15) is 179 Å². The highest BCUT2D eigenvalue weighted by Crippen LogP contribution is 2.37. The summed E-state index contributed by atoms with van der Waals surface area (Å²) in [5.74, 6) is -0.0348. The van der Waals surface area contributed by atoms with Crippen molar-refractivity contribution < 1.29 is 76.3 Å². The summed E-state index contributed by atoms with van der Waals surface area (Å²) in [4.78, 5) is 104. The van der Waals surface area contributed by atoms with Crippen LogP contribution in [-0.2, 0) is 24.7 Å². The average Bonchev–Trinajstić information content (AvgIpc) is 0.784.